The quantitative estimate of drug-likeness (QED) is 0.317. The van der Waals surface area contributed by atoms with Gasteiger partial charge < -0.3 is 25.0 Å². The number of rotatable bonds is 11. The molecule has 8 heteroatoms. The van der Waals surface area contributed by atoms with Gasteiger partial charge in [0, 0.05) is 53.5 Å². The number of nitrogens with one attached hydrogen (secondary N) is 2. The maximum absolute atomic E-state index is 12.0. The van der Waals surface area contributed by atoms with Crippen molar-refractivity contribution in [2.75, 3.05) is 66.7 Å². The molecule has 1 fully saturated rings. The highest BCUT2D eigenvalue weighted by Gasteiger charge is 2.13. The number of carbonyl (C=O) groups is 1. The standard InChI is InChI=1S/C22H37N5O3/c1-4-29-13-7-10-23-22(25-17-21(28)26(2)3)24-16-19-8-5-6-9-20(19)18-27-11-14-30-15-12-27/h5-6,8-9H,4,7,10-18H2,1-3H3,(H2,23,24,25). The van der Waals surface area contributed by atoms with Crippen LogP contribution >= 0.6 is 0 Å². The SMILES string of the molecule is CCOCCCNC(=NCc1ccccc1CN1CCOCC1)NCC(=O)N(C)C. The molecular formula is C22H37N5O3. The lowest BCUT2D eigenvalue weighted by atomic mass is 10.1. The van der Waals surface area contributed by atoms with Crippen molar-refractivity contribution in [3.05, 3.63) is 35.4 Å². The minimum Gasteiger partial charge on any atom is -0.382 e. The monoisotopic (exact) mass is 419 g/mol. The van der Waals surface area contributed by atoms with Crippen LogP contribution in [0.15, 0.2) is 29.3 Å². The molecule has 0 aliphatic carbocycles. The molecule has 0 bridgehead atoms. The lowest BCUT2D eigenvalue weighted by Gasteiger charge is -2.27. The van der Waals surface area contributed by atoms with Crippen LogP contribution in [0.4, 0.5) is 0 Å². The van der Waals surface area contributed by atoms with Crippen molar-refractivity contribution in [3.63, 3.8) is 0 Å². The van der Waals surface area contributed by atoms with Gasteiger partial charge in [-0.15, -0.1) is 0 Å². The largest absolute Gasteiger partial charge is 0.382 e. The Kier molecular flexibility index (Phi) is 11.2. The number of likely N-dealkylation sites (N-methyl/N-ethyl adjacent to an activating group) is 1. The zero-order valence-electron chi connectivity index (χ0n) is 18.7. The Labute approximate surface area is 180 Å². The van der Waals surface area contributed by atoms with E-state index in [1.807, 2.05) is 13.0 Å². The van der Waals surface area contributed by atoms with Gasteiger partial charge in [0.1, 0.15) is 0 Å². The minimum atomic E-state index is 0.00605. The molecule has 0 spiro atoms. The third-order valence-electron chi connectivity index (χ3n) is 4.89. The summed E-state index contributed by atoms with van der Waals surface area (Å²) in [5.74, 6) is 0.648. The average Bonchev–Trinajstić information content (AvgIpc) is 2.76. The molecule has 0 aromatic heterocycles. The molecule has 1 heterocycles. The molecule has 1 amide bonds. The molecule has 0 unspecified atom stereocenters. The summed E-state index contributed by atoms with van der Waals surface area (Å²) in [6.07, 6.45) is 0.879. The first-order valence-corrected chi connectivity index (χ1v) is 10.8. The summed E-state index contributed by atoms with van der Waals surface area (Å²) < 4.78 is 10.8. The number of aliphatic imine (C=N–C) groups is 1. The van der Waals surface area contributed by atoms with Crippen LogP contribution in [0.1, 0.15) is 24.5 Å². The fourth-order valence-corrected chi connectivity index (χ4v) is 3.05. The van der Waals surface area contributed by atoms with E-state index >= 15 is 0 Å². The molecule has 1 saturated heterocycles. The maximum Gasteiger partial charge on any atom is 0.241 e. The molecule has 1 aliphatic rings. The molecule has 8 nitrogen and oxygen atoms in total. The number of benzene rings is 1. The molecule has 168 valence electrons. The molecule has 1 aromatic carbocycles. The van der Waals surface area contributed by atoms with Gasteiger partial charge in [-0.3, -0.25) is 9.69 Å². The third-order valence-corrected chi connectivity index (χ3v) is 4.89. The van der Waals surface area contributed by atoms with Gasteiger partial charge in [-0.1, -0.05) is 24.3 Å². The van der Waals surface area contributed by atoms with E-state index in [-0.39, 0.29) is 12.5 Å². The minimum absolute atomic E-state index is 0.00605. The first-order valence-electron chi connectivity index (χ1n) is 10.8. The van der Waals surface area contributed by atoms with E-state index in [9.17, 15) is 4.79 Å². The number of guanidine groups is 1. The lowest BCUT2D eigenvalue weighted by Crippen LogP contribution is -2.43. The number of nitrogens with zero attached hydrogens (tertiary/aromatic N) is 3. The van der Waals surface area contributed by atoms with E-state index in [0.29, 0.717) is 19.1 Å². The normalized spacial score (nSPS) is 15.1. The highest BCUT2D eigenvalue weighted by atomic mass is 16.5. The molecule has 1 aliphatic heterocycles. The van der Waals surface area contributed by atoms with Gasteiger partial charge in [0.25, 0.3) is 0 Å². The molecule has 0 radical (unpaired) electrons. The van der Waals surface area contributed by atoms with Gasteiger partial charge in [-0.25, -0.2) is 4.99 Å². The molecular weight excluding hydrogens is 382 g/mol. The summed E-state index contributed by atoms with van der Waals surface area (Å²) in [6, 6.07) is 8.41. The Hall–Kier alpha value is -2.16. The van der Waals surface area contributed by atoms with Crippen molar-refractivity contribution in [2.45, 2.75) is 26.4 Å². The van der Waals surface area contributed by atoms with Gasteiger partial charge in [-0.05, 0) is 24.5 Å². The fourth-order valence-electron chi connectivity index (χ4n) is 3.05. The zero-order valence-corrected chi connectivity index (χ0v) is 18.7. The zero-order chi connectivity index (χ0) is 21.6. The summed E-state index contributed by atoms with van der Waals surface area (Å²) in [7, 11) is 3.50. The van der Waals surface area contributed by atoms with Crippen molar-refractivity contribution >= 4 is 11.9 Å². The lowest BCUT2D eigenvalue weighted by molar-refractivity contribution is -0.127. The van der Waals surface area contributed by atoms with Crippen LogP contribution in [-0.4, -0.2) is 88.4 Å². The van der Waals surface area contributed by atoms with Gasteiger partial charge in [0.2, 0.25) is 5.91 Å². The smallest absolute Gasteiger partial charge is 0.241 e. The second kappa shape index (κ2) is 14.0. The van der Waals surface area contributed by atoms with E-state index in [4.69, 9.17) is 14.5 Å². The van der Waals surface area contributed by atoms with Crippen LogP contribution < -0.4 is 10.6 Å². The fraction of sp³-hybridized carbons (Fsp3) is 0.636. The van der Waals surface area contributed by atoms with Crippen molar-refractivity contribution in [2.24, 2.45) is 4.99 Å². The van der Waals surface area contributed by atoms with Crippen molar-refractivity contribution < 1.29 is 14.3 Å². The van der Waals surface area contributed by atoms with Crippen molar-refractivity contribution in [1.82, 2.24) is 20.4 Å². The summed E-state index contributed by atoms with van der Waals surface area (Å²) in [5.41, 5.74) is 2.47. The molecule has 2 rings (SSSR count). The number of hydrogen-bond donors (Lipinski definition) is 2. The van der Waals surface area contributed by atoms with E-state index in [1.54, 1.807) is 19.0 Å². The van der Waals surface area contributed by atoms with Crippen molar-refractivity contribution in [1.29, 1.82) is 0 Å². The van der Waals surface area contributed by atoms with Gasteiger partial charge in [-0.2, -0.15) is 0 Å². The van der Waals surface area contributed by atoms with Crippen LogP contribution in [0.25, 0.3) is 0 Å². The number of hydrogen-bond acceptors (Lipinski definition) is 5. The van der Waals surface area contributed by atoms with Crippen LogP contribution in [0.2, 0.25) is 0 Å². The molecule has 30 heavy (non-hydrogen) atoms. The average molecular weight is 420 g/mol. The predicted molar refractivity (Wildman–Crippen MR) is 119 cm³/mol. The van der Waals surface area contributed by atoms with Crippen LogP contribution in [0.3, 0.4) is 0 Å². The second-order valence-electron chi connectivity index (χ2n) is 7.44. The highest BCUT2D eigenvalue weighted by molar-refractivity contribution is 5.86. The molecule has 0 atom stereocenters. The van der Waals surface area contributed by atoms with Crippen LogP contribution in [-0.2, 0) is 27.4 Å². The van der Waals surface area contributed by atoms with Gasteiger partial charge in [0.05, 0.1) is 26.3 Å². The first-order chi connectivity index (χ1) is 14.6. The van der Waals surface area contributed by atoms with Crippen molar-refractivity contribution in [3.8, 4) is 0 Å². The third kappa shape index (κ3) is 9.11. The van der Waals surface area contributed by atoms with E-state index < -0.39 is 0 Å². The topological polar surface area (TPSA) is 78.4 Å². The second-order valence-corrected chi connectivity index (χ2v) is 7.44. The summed E-state index contributed by atoms with van der Waals surface area (Å²) >= 11 is 0. The Morgan fingerprint density at radius 2 is 1.93 bits per heavy atom. The Morgan fingerprint density at radius 3 is 2.63 bits per heavy atom. The maximum atomic E-state index is 12.0. The summed E-state index contributed by atoms with van der Waals surface area (Å²) in [6.45, 7) is 9.31. The summed E-state index contributed by atoms with van der Waals surface area (Å²) in [4.78, 5) is 20.7. The van der Waals surface area contributed by atoms with Crippen LogP contribution in [0, 0.1) is 0 Å². The van der Waals surface area contributed by atoms with E-state index in [0.717, 1.165) is 52.4 Å². The molecule has 0 saturated carbocycles. The number of ether oxygens (including phenoxy) is 2. The number of carbonyl (C=O) groups excluding carboxylic acids is 1. The Bertz CT molecular complexity index is 660. The van der Waals surface area contributed by atoms with Gasteiger partial charge in [0.15, 0.2) is 5.96 Å². The summed E-state index contributed by atoms with van der Waals surface area (Å²) in [5, 5.41) is 6.45. The van der Waals surface area contributed by atoms with Crippen LogP contribution in [0.5, 0.6) is 0 Å². The Balaban J connectivity index is 1.98. The predicted octanol–water partition coefficient (Wildman–Crippen LogP) is 1.07. The first kappa shape index (κ1) is 24.1. The number of morpholine rings is 1. The van der Waals surface area contributed by atoms with E-state index in [1.165, 1.54) is 11.1 Å². The number of amides is 1. The van der Waals surface area contributed by atoms with E-state index in [2.05, 4.69) is 33.7 Å². The molecule has 2 N–H and O–H groups in total. The highest BCUT2D eigenvalue weighted by Crippen LogP contribution is 2.14. The van der Waals surface area contributed by atoms with Gasteiger partial charge >= 0.3 is 0 Å². The Morgan fingerprint density at radius 1 is 1.20 bits per heavy atom. The molecule has 1 aromatic rings.